The average Bonchev–Trinajstić information content (AvgIpc) is 3.67. The average molecular weight is 994 g/mol. The van der Waals surface area contributed by atoms with Crippen LogP contribution in [0.15, 0.2) is 121 Å². The molecule has 1 N–H and O–H groups in total. The van der Waals surface area contributed by atoms with Crippen LogP contribution in [0.5, 0.6) is 5.75 Å². The summed E-state index contributed by atoms with van der Waals surface area (Å²) in [5.41, 5.74) is 7.76. The first kappa shape index (κ1) is 30.5. The van der Waals surface area contributed by atoms with Crippen molar-refractivity contribution in [1.29, 1.82) is 0 Å². The van der Waals surface area contributed by atoms with E-state index in [4.69, 9.17) is 21.4 Å². The van der Waals surface area contributed by atoms with Gasteiger partial charge in [-0.3, -0.25) is 9.55 Å². The van der Waals surface area contributed by atoms with Gasteiger partial charge in [-0.1, -0.05) is 138 Å². The quantitative estimate of drug-likeness (QED) is 0.154. The minimum absolute atomic E-state index is 0. The second-order valence-corrected chi connectivity index (χ2v) is 17.0. The van der Waals surface area contributed by atoms with Crippen LogP contribution in [0, 0.1) is 33.6 Å². The van der Waals surface area contributed by atoms with Crippen LogP contribution in [-0.2, 0) is 26.5 Å². The van der Waals surface area contributed by atoms with Gasteiger partial charge >= 0.3 is 0 Å². The zero-order valence-corrected chi connectivity index (χ0v) is 38.1. The monoisotopic (exact) mass is 993 g/mol. The van der Waals surface area contributed by atoms with Gasteiger partial charge < -0.3 is 5.11 Å². The first-order chi connectivity index (χ1) is 33.3. The van der Waals surface area contributed by atoms with Gasteiger partial charge in [0.15, 0.2) is 0 Å². The fourth-order valence-electron chi connectivity index (χ4n) is 7.93. The molecule has 61 heavy (non-hydrogen) atoms. The van der Waals surface area contributed by atoms with Gasteiger partial charge in [0.1, 0.15) is 11.6 Å². The second kappa shape index (κ2) is 17.1. The predicted molar refractivity (Wildman–Crippen MR) is 252 cm³/mol. The number of aryl methyl sites for hydroxylation is 3. The van der Waals surface area contributed by atoms with Crippen LogP contribution < -0.4 is 0 Å². The molecule has 4 nitrogen and oxygen atoms in total. The Balaban J connectivity index is 0.00000780. The molecule has 8 rings (SSSR count). The third kappa shape index (κ3) is 8.40. The summed E-state index contributed by atoms with van der Waals surface area (Å²) in [6.07, 6.45) is 1.49. The number of nitrogens with zero attached hydrogens (tertiary/aromatic N) is 3. The van der Waals surface area contributed by atoms with Crippen molar-refractivity contribution >= 4 is 11.0 Å². The number of aromatic nitrogens is 3. The molecule has 0 aliphatic heterocycles. The zero-order chi connectivity index (χ0) is 52.9. The molecule has 0 amide bonds. The van der Waals surface area contributed by atoms with Crippen molar-refractivity contribution in [1.82, 2.24) is 14.5 Å². The van der Waals surface area contributed by atoms with Crippen LogP contribution in [0.3, 0.4) is 0 Å². The molecule has 0 aliphatic carbocycles. The van der Waals surface area contributed by atoms with E-state index in [1.165, 1.54) is 6.20 Å². The Kier molecular flexibility index (Phi) is 8.52. The molecule has 2 aromatic heterocycles. The Hall–Kier alpha value is -5.57. The topological polar surface area (TPSA) is 50.9 Å². The number of phenolic OH excluding ortho intramolecular Hbond substituents is 1. The van der Waals surface area contributed by atoms with Crippen molar-refractivity contribution in [2.75, 3.05) is 0 Å². The maximum absolute atomic E-state index is 11.8. The van der Waals surface area contributed by atoms with E-state index in [9.17, 15) is 5.11 Å². The van der Waals surface area contributed by atoms with E-state index < -0.39 is 60.6 Å². The van der Waals surface area contributed by atoms with Gasteiger partial charge in [-0.05, 0) is 125 Å². The molecule has 0 bridgehead atoms. The van der Waals surface area contributed by atoms with E-state index in [-0.39, 0.29) is 49.5 Å². The summed E-state index contributed by atoms with van der Waals surface area (Å²) in [7, 11) is 0. The van der Waals surface area contributed by atoms with Crippen molar-refractivity contribution in [2.24, 2.45) is 0 Å². The summed E-state index contributed by atoms with van der Waals surface area (Å²) < 4.78 is 105. The summed E-state index contributed by atoms with van der Waals surface area (Å²) in [5.74, 6) is -1.92. The van der Waals surface area contributed by atoms with Crippen LogP contribution in [0.2, 0.25) is 0 Å². The van der Waals surface area contributed by atoms with Crippen LogP contribution in [-0.4, -0.2) is 19.6 Å². The van der Waals surface area contributed by atoms with Crippen LogP contribution in [0.4, 0.5) is 0 Å². The fraction of sp³-hybridized carbons (Fsp3) is 0.250. The number of imidazole rings is 1. The van der Waals surface area contributed by atoms with Crippen LogP contribution in [0.25, 0.3) is 72.7 Å². The van der Waals surface area contributed by atoms with E-state index in [2.05, 4.69) is 31.8 Å². The molecular weight excluding hydrogens is 926 g/mol. The van der Waals surface area contributed by atoms with Gasteiger partial charge in [0.05, 0.1) is 27.8 Å². The third-order valence-corrected chi connectivity index (χ3v) is 11.0. The van der Waals surface area contributed by atoms with Gasteiger partial charge in [0, 0.05) is 43.9 Å². The summed E-state index contributed by atoms with van der Waals surface area (Å²) in [6.45, 7) is 11.4. The molecule has 5 heteroatoms. The summed E-state index contributed by atoms with van der Waals surface area (Å²) >= 11 is 0. The number of hydrogen-bond acceptors (Lipinski definition) is 3. The number of fused-ring (bicyclic) bond motifs is 1. The van der Waals surface area contributed by atoms with Gasteiger partial charge in [0.25, 0.3) is 0 Å². The molecule has 2 heterocycles. The SMILES string of the molecule is [2H]c1c([2H])c(C([2H])([2H])[2H])c([2H])c([2H])c1-c1ccnc(-c2[c-]c(-c3cccc4c3nc(-c3cc(C)cc(C)c3O)n4-c3ccc(-c4c(C([2H])(C)C)cccc4C([2H])(C)C)cc3C([2H])([2H])[2H])cc(C(C)(C)C)c2)c1.[Pt]. The Labute approximate surface area is 393 Å². The predicted octanol–water partition coefficient (Wildman–Crippen LogP) is 15.0. The molecule has 0 saturated heterocycles. The maximum Gasteiger partial charge on any atom is 0.148 e. The minimum Gasteiger partial charge on any atom is -0.507 e. The van der Waals surface area contributed by atoms with Crippen molar-refractivity contribution < 1.29 is 42.6 Å². The number of rotatable bonds is 8. The van der Waals surface area contributed by atoms with Crippen LogP contribution in [0.1, 0.15) is 116 Å². The third-order valence-electron chi connectivity index (χ3n) is 11.0. The standard InChI is InChI=1S/C56H56N3O.Pt/c1-33(2)45-14-12-15-46(34(3)4)52(45)41-22-23-50(37(7)28-41)59-51-17-13-16-47(53(51)58-55(59)48-27-36(6)26-38(8)54(48)60)42-29-43(31-44(30-42)56(9,10)11)49-32-40(24-25-57-49)39-20-18-35(5)19-21-39;/h12-28,30-34,60H,1-11H3;/q-1;/i5D3,7D3,18D,19D,20D,21D,33D,34D;. The van der Waals surface area contributed by atoms with Crippen molar-refractivity contribution in [3.8, 4) is 67.5 Å². The Bertz CT molecular complexity index is 3420. The normalized spacial score (nSPS) is 15.4. The molecule has 6 aromatic carbocycles. The number of para-hydroxylation sites is 1. The fourth-order valence-corrected chi connectivity index (χ4v) is 7.93. The number of benzene rings is 6. The molecule has 312 valence electrons. The van der Waals surface area contributed by atoms with Crippen LogP contribution >= 0.6 is 0 Å². The minimum atomic E-state index is -2.86. The Morgan fingerprint density at radius 1 is 0.721 bits per heavy atom. The van der Waals surface area contributed by atoms with Crippen molar-refractivity contribution in [2.45, 2.75) is 93.2 Å². The molecule has 0 atom stereocenters. The number of hydrogen-bond donors (Lipinski definition) is 1. The van der Waals surface area contributed by atoms with E-state index in [0.29, 0.717) is 72.4 Å². The molecule has 0 unspecified atom stereocenters. The van der Waals surface area contributed by atoms with E-state index in [1.54, 1.807) is 63.5 Å². The van der Waals surface area contributed by atoms with E-state index in [1.807, 2.05) is 73.7 Å². The van der Waals surface area contributed by atoms with E-state index in [0.717, 1.165) is 11.1 Å². The maximum atomic E-state index is 11.8. The molecule has 0 radical (unpaired) electrons. The zero-order valence-electron chi connectivity index (χ0n) is 47.8. The molecule has 0 fully saturated rings. The largest absolute Gasteiger partial charge is 0.507 e. The van der Waals surface area contributed by atoms with Gasteiger partial charge in [-0.25, -0.2) is 4.98 Å². The molecule has 0 aliphatic rings. The molecular formula is C56H56N3OPt-. The van der Waals surface area contributed by atoms with Crippen molar-refractivity contribution in [3.05, 3.63) is 166 Å². The smallest absolute Gasteiger partial charge is 0.148 e. The number of phenols is 1. The molecule has 0 spiro atoms. The Morgan fingerprint density at radius 2 is 1.43 bits per heavy atom. The van der Waals surface area contributed by atoms with E-state index >= 15 is 0 Å². The Morgan fingerprint density at radius 3 is 2.10 bits per heavy atom. The molecule has 0 saturated carbocycles. The second-order valence-electron chi connectivity index (χ2n) is 17.0. The summed E-state index contributed by atoms with van der Waals surface area (Å²) in [6, 6.07) is 28.4. The number of aromatic hydroxyl groups is 1. The first-order valence-corrected chi connectivity index (χ1v) is 20.1. The number of pyridine rings is 1. The summed E-state index contributed by atoms with van der Waals surface area (Å²) in [4.78, 5) is 9.98. The van der Waals surface area contributed by atoms with Gasteiger partial charge in [0.2, 0.25) is 0 Å². The summed E-state index contributed by atoms with van der Waals surface area (Å²) in [5, 5.41) is 11.8. The van der Waals surface area contributed by atoms with Gasteiger partial charge in [-0.15, -0.1) is 29.3 Å². The van der Waals surface area contributed by atoms with Crippen molar-refractivity contribution in [3.63, 3.8) is 0 Å². The first-order valence-electron chi connectivity index (χ1n) is 26.1. The molecule has 8 aromatic rings. The van der Waals surface area contributed by atoms with Gasteiger partial charge in [-0.2, -0.15) is 0 Å².